The van der Waals surface area contributed by atoms with Gasteiger partial charge in [0.15, 0.2) is 0 Å². The third-order valence-electron chi connectivity index (χ3n) is 1.79. The Balaban J connectivity index is 2.08. The highest BCUT2D eigenvalue weighted by molar-refractivity contribution is 4.58. The maximum Gasteiger partial charge on any atom is 0.0780 e. The van der Waals surface area contributed by atoms with Gasteiger partial charge < -0.3 is 10.1 Å². The van der Waals surface area contributed by atoms with Crippen molar-refractivity contribution < 1.29 is 10.1 Å². The zero-order valence-electron chi connectivity index (χ0n) is 6.10. The summed E-state index contributed by atoms with van der Waals surface area (Å²) in [6.07, 6.45) is 3.06. The molecule has 2 nitrogen and oxygen atoms in total. The molecule has 0 aromatic heterocycles. The Kier molecular flexibility index (Phi) is 3.01. The molecule has 0 atom stereocenters. The first-order valence-electron chi connectivity index (χ1n) is 3.86. The molecule has 0 bridgehead atoms. The van der Waals surface area contributed by atoms with E-state index in [1.54, 1.807) is 0 Å². The molecule has 1 rings (SSSR count). The Bertz CT molecular complexity index is 66.6. The van der Waals surface area contributed by atoms with Crippen LogP contribution in [-0.2, 0) is 4.74 Å². The number of hydrogen-bond donors (Lipinski definition) is 1. The van der Waals surface area contributed by atoms with Crippen LogP contribution in [0.25, 0.3) is 0 Å². The highest BCUT2D eigenvalue weighted by Crippen LogP contribution is 2.02. The number of piperidine rings is 1. The van der Waals surface area contributed by atoms with E-state index in [2.05, 4.69) is 12.2 Å². The maximum atomic E-state index is 5.46. The number of nitrogens with two attached hydrogens (primary N) is 1. The molecule has 0 radical (unpaired) electrons. The minimum atomic E-state index is 0.569. The SMILES string of the molecule is CCOC1CC[NH2+]CC1. The number of ether oxygens (including phenoxy) is 1. The average molecular weight is 130 g/mol. The van der Waals surface area contributed by atoms with E-state index in [1.165, 1.54) is 25.9 Å². The Morgan fingerprint density at radius 2 is 2.11 bits per heavy atom. The molecular weight excluding hydrogens is 114 g/mol. The first kappa shape index (κ1) is 7.03. The van der Waals surface area contributed by atoms with Crippen LogP contribution in [-0.4, -0.2) is 25.8 Å². The van der Waals surface area contributed by atoms with Gasteiger partial charge in [-0.1, -0.05) is 0 Å². The van der Waals surface area contributed by atoms with Crippen molar-refractivity contribution in [1.29, 1.82) is 0 Å². The molecule has 0 saturated carbocycles. The van der Waals surface area contributed by atoms with Gasteiger partial charge in [0.25, 0.3) is 0 Å². The van der Waals surface area contributed by atoms with Crippen molar-refractivity contribution in [3.8, 4) is 0 Å². The second kappa shape index (κ2) is 3.85. The van der Waals surface area contributed by atoms with Gasteiger partial charge in [-0.3, -0.25) is 0 Å². The van der Waals surface area contributed by atoms with Crippen LogP contribution >= 0.6 is 0 Å². The Labute approximate surface area is 56.6 Å². The van der Waals surface area contributed by atoms with E-state index in [9.17, 15) is 0 Å². The molecule has 0 spiro atoms. The topological polar surface area (TPSA) is 25.8 Å². The van der Waals surface area contributed by atoms with Gasteiger partial charge >= 0.3 is 0 Å². The summed E-state index contributed by atoms with van der Waals surface area (Å²) < 4.78 is 5.46. The molecule has 0 aliphatic carbocycles. The molecule has 2 heteroatoms. The molecule has 1 saturated heterocycles. The molecule has 0 amide bonds. The van der Waals surface area contributed by atoms with Crippen molar-refractivity contribution in [2.24, 2.45) is 0 Å². The summed E-state index contributed by atoms with van der Waals surface area (Å²) in [7, 11) is 0. The van der Waals surface area contributed by atoms with Crippen LogP contribution in [0.2, 0.25) is 0 Å². The van der Waals surface area contributed by atoms with E-state index in [1.807, 2.05) is 0 Å². The van der Waals surface area contributed by atoms with E-state index < -0.39 is 0 Å². The van der Waals surface area contributed by atoms with Crippen LogP contribution in [0.5, 0.6) is 0 Å². The molecule has 1 fully saturated rings. The molecule has 1 heterocycles. The summed E-state index contributed by atoms with van der Waals surface area (Å²) >= 11 is 0. The maximum absolute atomic E-state index is 5.46. The van der Waals surface area contributed by atoms with Crippen LogP contribution in [0.4, 0.5) is 0 Å². The van der Waals surface area contributed by atoms with Gasteiger partial charge in [-0.15, -0.1) is 0 Å². The van der Waals surface area contributed by atoms with Crippen molar-refractivity contribution in [2.45, 2.75) is 25.9 Å². The second-order valence-corrected chi connectivity index (χ2v) is 2.52. The monoisotopic (exact) mass is 130 g/mol. The fourth-order valence-electron chi connectivity index (χ4n) is 1.30. The van der Waals surface area contributed by atoms with Gasteiger partial charge in [0.1, 0.15) is 0 Å². The third kappa shape index (κ3) is 2.33. The lowest BCUT2D eigenvalue weighted by atomic mass is 10.1. The number of quaternary nitrogens is 1. The van der Waals surface area contributed by atoms with E-state index >= 15 is 0 Å². The highest BCUT2D eigenvalue weighted by Gasteiger charge is 2.13. The van der Waals surface area contributed by atoms with Crippen LogP contribution in [0.3, 0.4) is 0 Å². The number of rotatable bonds is 2. The quantitative estimate of drug-likeness (QED) is 0.548. The van der Waals surface area contributed by atoms with Crippen LogP contribution in [0, 0.1) is 0 Å². The van der Waals surface area contributed by atoms with Crippen molar-refractivity contribution in [1.82, 2.24) is 0 Å². The van der Waals surface area contributed by atoms with Crippen LogP contribution in [0.15, 0.2) is 0 Å². The lowest BCUT2D eigenvalue weighted by Crippen LogP contribution is -2.86. The summed E-state index contributed by atoms with van der Waals surface area (Å²) in [6.45, 7) is 5.46. The summed E-state index contributed by atoms with van der Waals surface area (Å²) in [4.78, 5) is 0. The van der Waals surface area contributed by atoms with E-state index in [-0.39, 0.29) is 0 Å². The first-order valence-corrected chi connectivity index (χ1v) is 3.86. The second-order valence-electron chi connectivity index (χ2n) is 2.52. The minimum Gasteiger partial charge on any atom is -0.378 e. The zero-order valence-corrected chi connectivity index (χ0v) is 6.10. The smallest absolute Gasteiger partial charge is 0.0780 e. The van der Waals surface area contributed by atoms with Gasteiger partial charge in [0.2, 0.25) is 0 Å². The van der Waals surface area contributed by atoms with Crippen molar-refractivity contribution in [3.05, 3.63) is 0 Å². The molecule has 54 valence electrons. The predicted molar refractivity (Wildman–Crippen MR) is 36.3 cm³/mol. The fourth-order valence-corrected chi connectivity index (χ4v) is 1.30. The summed E-state index contributed by atoms with van der Waals surface area (Å²) in [5.74, 6) is 0. The molecule has 2 N–H and O–H groups in total. The fraction of sp³-hybridized carbons (Fsp3) is 1.00. The van der Waals surface area contributed by atoms with Crippen LogP contribution < -0.4 is 5.32 Å². The molecule has 1 aliphatic rings. The van der Waals surface area contributed by atoms with Crippen LogP contribution in [0.1, 0.15) is 19.8 Å². The molecule has 0 unspecified atom stereocenters. The molecular formula is C7H16NO+. The summed E-state index contributed by atoms with van der Waals surface area (Å²) in [5, 5.41) is 2.36. The summed E-state index contributed by atoms with van der Waals surface area (Å²) in [5.41, 5.74) is 0. The summed E-state index contributed by atoms with van der Waals surface area (Å²) in [6, 6.07) is 0. The Hall–Kier alpha value is -0.0800. The Morgan fingerprint density at radius 1 is 1.44 bits per heavy atom. The average Bonchev–Trinajstić information content (AvgIpc) is 1.91. The normalized spacial score (nSPS) is 22.3. The first-order chi connectivity index (χ1) is 4.43. The van der Waals surface area contributed by atoms with Gasteiger partial charge in [-0.2, -0.15) is 0 Å². The highest BCUT2D eigenvalue weighted by atomic mass is 16.5. The Morgan fingerprint density at radius 3 is 2.67 bits per heavy atom. The van der Waals surface area contributed by atoms with Gasteiger partial charge in [0.05, 0.1) is 19.2 Å². The third-order valence-corrected chi connectivity index (χ3v) is 1.79. The molecule has 9 heavy (non-hydrogen) atoms. The van der Waals surface area contributed by atoms with E-state index in [4.69, 9.17) is 4.74 Å². The molecule has 0 aromatic carbocycles. The largest absolute Gasteiger partial charge is 0.378 e. The van der Waals surface area contributed by atoms with Crippen molar-refractivity contribution in [2.75, 3.05) is 19.7 Å². The lowest BCUT2D eigenvalue weighted by molar-refractivity contribution is -0.665. The van der Waals surface area contributed by atoms with Crippen molar-refractivity contribution in [3.63, 3.8) is 0 Å². The van der Waals surface area contributed by atoms with Crippen molar-refractivity contribution >= 4 is 0 Å². The van der Waals surface area contributed by atoms with Gasteiger partial charge in [0, 0.05) is 19.4 Å². The minimum absolute atomic E-state index is 0.569. The van der Waals surface area contributed by atoms with Gasteiger partial charge in [-0.05, 0) is 6.92 Å². The lowest BCUT2D eigenvalue weighted by Gasteiger charge is -2.19. The van der Waals surface area contributed by atoms with E-state index in [0.29, 0.717) is 6.10 Å². The predicted octanol–water partition coefficient (Wildman–Crippen LogP) is -0.251. The number of hydrogen-bond acceptors (Lipinski definition) is 1. The molecule has 0 aromatic rings. The van der Waals surface area contributed by atoms with E-state index in [0.717, 1.165) is 6.61 Å². The zero-order chi connectivity index (χ0) is 6.53. The molecule has 1 aliphatic heterocycles. The standard InChI is InChI=1S/C7H15NO/c1-2-9-7-3-5-8-6-4-7/h7-8H,2-6H2,1H3/p+1. The van der Waals surface area contributed by atoms with Gasteiger partial charge in [-0.25, -0.2) is 0 Å².